The van der Waals surface area contributed by atoms with Crippen molar-refractivity contribution in [2.45, 2.75) is 18.2 Å². The van der Waals surface area contributed by atoms with Gasteiger partial charge in [0.25, 0.3) is 0 Å². The number of thioether (sulfide) groups is 1. The lowest BCUT2D eigenvalue weighted by atomic mass is 10.1. The average Bonchev–Trinajstić information content (AvgIpc) is 2.84. The number of sulfone groups is 1. The molecule has 118 valence electrons. The van der Waals surface area contributed by atoms with Crippen molar-refractivity contribution in [1.29, 1.82) is 0 Å². The SMILES string of the molecule is CSc1ccc2c(C)cc(NC[C@@H]3CCS(=O)(=O)C3)nc2c1. The maximum absolute atomic E-state index is 11.5. The Morgan fingerprint density at radius 2 is 2.18 bits per heavy atom. The fourth-order valence-corrected chi connectivity index (χ4v) is 5.18. The van der Waals surface area contributed by atoms with Crippen molar-refractivity contribution < 1.29 is 8.42 Å². The van der Waals surface area contributed by atoms with Gasteiger partial charge in [-0.3, -0.25) is 0 Å². The highest BCUT2D eigenvalue weighted by Crippen LogP contribution is 2.25. The lowest BCUT2D eigenvalue weighted by Gasteiger charge is -2.12. The smallest absolute Gasteiger partial charge is 0.150 e. The van der Waals surface area contributed by atoms with Gasteiger partial charge in [0, 0.05) is 16.8 Å². The zero-order valence-corrected chi connectivity index (χ0v) is 14.4. The number of hydrogen-bond donors (Lipinski definition) is 1. The van der Waals surface area contributed by atoms with E-state index in [0.717, 1.165) is 23.1 Å². The second kappa shape index (κ2) is 6.08. The molecule has 1 saturated heterocycles. The van der Waals surface area contributed by atoms with E-state index >= 15 is 0 Å². The van der Waals surface area contributed by atoms with Gasteiger partial charge in [-0.15, -0.1) is 11.8 Å². The molecule has 6 heteroatoms. The summed E-state index contributed by atoms with van der Waals surface area (Å²) in [6.07, 6.45) is 2.80. The van der Waals surface area contributed by atoms with Crippen LogP contribution >= 0.6 is 11.8 Å². The van der Waals surface area contributed by atoms with Gasteiger partial charge in [-0.1, -0.05) is 6.07 Å². The Morgan fingerprint density at radius 3 is 2.86 bits per heavy atom. The molecular weight excluding hydrogens is 316 g/mol. The number of hydrogen-bond acceptors (Lipinski definition) is 5. The summed E-state index contributed by atoms with van der Waals surface area (Å²) in [6, 6.07) is 8.34. The van der Waals surface area contributed by atoms with E-state index < -0.39 is 9.84 Å². The third-order valence-electron chi connectivity index (χ3n) is 4.12. The van der Waals surface area contributed by atoms with E-state index in [1.165, 1.54) is 10.5 Å². The number of fused-ring (bicyclic) bond motifs is 1. The van der Waals surface area contributed by atoms with Crippen molar-refractivity contribution in [3.05, 3.63) is 29.8 Å². The van der Waals surface area contributed by atoms with E-state index in [2.05, 4.69) is 41.7 Å². The molecule has 0 spiro atoms. The lowest BCUT2D eigenvalue weighted by Crippen LogP contribution is -2.16. The van der Waals surface area contributed by atoms with Crippen LogP contribution in [-0.4, -0.2) is 37.7 Å². The molecule has 22 heavy (non-hydrogen) atoms. The van der Waals surface area contributed by atoms with Crippen molar-refractivity contribution in [2.75, 3.05) is 29.6 Å². The van der Waals surface area contributed by atoms with Crippen molar-refractivity contribution >= 4 is 38.3 Å². The highest BCUT2D eigenvalue weighted by atomic mass is 32.2. The Balaban J connectivity index is 1.79. The highest BCUT2D eigenvalue weighted by molar-refractivity contribution is 7.98. The number of benzene rings is 1. The van der Waals surface area contributed by atoms with Crippen LogP contribution in [0.3, 0.4) is 0 Å². The molecule has 1 atom stereocenters. The zero-order chi connectivity index (χ0) is 15.7. The number of pyridine rings is 1. The maximum Gasteiger partial charge on any atom is 0.150 e. The minimum Gasteiger partial charge on any atom is -0.370 e. The zero-order valence-electron chi connectivity index (χ0n) is 12.8. The molecule has 1 aliphatic heterocycles. The van der Waals surface area contributed by atoms with Gasteiger partial charge in [0.15, 0.2) is 9.84 Å². The first-order valence-electron chi connectivity index (χ1n) is 7.36. The summed E-state index contributed by atoms with van der Waals surface area (Å²) < 4.78 is 23.0. The molecule has 0 amide bonds. The summed E-state index contributed by atoms with van der Waals surface area (Å²) in [7, 11) is -2.81. The molecule has 0 radical (unpaired) electrons. The first kappa shape index (κ1) is 15.6. The van der Waals surface area contributed by atoms with Gasteiger partial charge in [0.1, 0.15) is 5.82 Å². The molecule has 0 saturated carbocycles. The Bertz CT molecular complexity index is 803. The summed E-state index contributed by atoms with van der Waals surface area (Å²) in [5.74, 6) is 1.64. The Hall–Kier alpha value is -1.27. The molecule has 1 fully saturated rings. The van der Waals surface area contributed by atoms with Gasteiger partial charge >= 0.3 is 0 Å². The molecule has 1 aromatic heterocycles. The molecular formula is C16H20N2O2S2. The van der Waals surface area contributed by atoms with E-state index in [-0.39, 0.29) is 5.92 Å². The summed E-state index contributed by atoms with van der Waals surface area (Å²) in [4.78, 5) is 5.86. The third kappa shape index (κ3) is 3.38. The van der Waals surface area contributed by atoms with Crippen LogP contribution in [0.15, 0.2) is 29.2 Å². The summed E-state index contributed by atoms with van der Waals surface area (Å²) in [5.41, 5.74) is 2.16. The van der Waals surface area contributed by atoms with Crippen LogP contribution in [0.4, 0.5) is 5.82 Å². The van der Waals surface area contributed by atoms with Gasteiger partial charge in [-0.2, -0.15) is 0 Å². The van der Waals surface area contributed by atoms with Gasteiger partial charge in [0.05, 0.1) is 17.0 Å². The van der Waals surface area contributed by atoms with E-state index in [4.69, 9.17) is 0 Å². The van der Waals surface area contributed by atoms with Crippen molar-refractivity contribution in [1.82, 2.24) is 4.98 Å². The standard InChI is InChI=1S/C16H20N2O2S2/c1-11-7-16(17-9-12-5-6-22(19,20)10-12)18-15-8-13(21-2)3-4-14(11)15/h3-4,7-8,12H,5-6,9-10H2,1-2H3,(H,17,18)/t12-/m0/s1. The maximum atomic E-state index is 11.5. The van der Waals surface area contributed by atoms with Crippen LogP contribution in [0.25, 0.3) is 10.9 Å². The summed E-state index contributed by atoms with van der Waals surface area (Å²) in [6.45, 7) is 2.74. The lowest BCUT2D eigenvalue weighted by molar-refractivity contribution is 0.595. The Labute approximate surface area is 135 Å². The molecule has 1 aliphatic rings. The molecule has 4 nitrogen and oxygen atoms in total. The summed E-state index contributed by atoms with van der Waals surface area (Å²) >= 11 is 1.70. The molecule has 2 heterocycles. The third-order valence-corrected chi connectivity index (χ3v) is 6.68. The van der Waals surface area contributed by atoms with Gasteiger partial charge in [-0.05, 0) is 49.3 Å². The summed E-state index contributed by atoms with van der Waals surface area (Å²) in [5, 5.41) is 4.47. The largest absolute Gasteiger partial charge is 0.370 e. The fourth-order valence-electron chi connectivity index (χ4n) is 2.88. The van der Waals surface area contributed by atoms with E-state index in [1.807, 2.05) is 6.07 Å². The molecule has 0 aliphatic carbocycles. The normalized spacial score (nSPS) is 20.4. The van der Waals surface area contributed by atoms with Crippen LogP contribution in [-0.2, 0) is 9.84 Å². The van der Waals surface area contributed by atoms with E-state index in [0.29, 0.717) is 18.1 Å². The molecule has 2 aromatic rings. The minimum absolute atomic E-state index is 0.195. The second-order valence-corrected chi connectivity index (χ2v) is 8.97. The second-order valence-electron chi connectivity index (χ2n) is 5.86. The van der Waals surface area contributed by atoms with Crippen LogP contribution in [0, 0.1) is 12.8 Å². The Morgan fingerprint density at radius 1 is 1.36 bits per heavy atom. The average molecular weight is 336 g/mol. The van der Waals surface area contributed by atoms with Crippen LogP contribution in [0.5, 0.6) is 0 Å². The first-order valence-corrected chi connectivity index (χ1v) is 10.4. The van der Waals surface area contributed by atoms with Crippen LogP contribution < -0.4 is 5.32 Å². The number of aryl methyl sites for hydroxylation is 1. The predicted molar refractivity (Wildman–Crippen MR) is 93.5 cm³/mol. The number of anilines is 1. The predicted octanol–water partition coefficient (Wildman–Crippen LogP) is 3.11. The van der Waals surface area contributed by atoms with Crippen molar-refractivity contribution in [2.24, 2.45) is 5.92 Å². The van der Waals surface area contributed by atoms with Crippen LogP contribution in [0.2, 0.25) is 0 Å². The minimum atomic E-state index is -2.81. The fraction of sp³-hybridized carbons (Fsp3) is 0.438. The molecule has 0 bridgehead atoms. The first-order chi connectivity index (χ1) is 10.5. The van der Waals surface area contributed by atoms with E-state index in [1.54, 1.807) is 11.8 Å². The topological polar surface area (TPSA) is 59.1 Å². The Kier molecular flexibility index (Phi) is 4.32. The molecule has 1 aromatic carbocycles. The molecule has 1 N–H and O–H groups in total. The van der Waals surface area contributed by atoms with Gasteiger partial charge < -0.3 is 5.32 Å². The molecule has 3 rings (SSSR count). The number of nitrogens with one attached hydrogen (secondary N) is 1. The number of rotatable bonds is 4. The van der Waals surface area contributed by atoms with Gasteiger partial charge in [-0.25, -0.2) is 13.4 Å². The number of aromatic nitrogens is 1. The number of nitrogens with zero attached hydrogens (tertiary/aromatic N) is 1. The van der Waals surface area contributed by atoms with E-state index in [9.17, 15) is 8.42 Å². The monoisotopic (exact) mass is 336 g/mol. The van der Waals surface area contributed by atoms with Crippen molar-refractivity contribution in [3.63, 3.8) is 0 Å². The van der Waals surface area contributed by atoms with Gasteiger partial charge in [0.2, 0.25) is 0 Å². The highest BCUT2D eigenvalue weighted by Gasteiger charge is 2.27. The van der Waals surface area contributed by atoms with Crippen molar-refractivity contribution in [3.8, 4) is 0 Å². The molecule has 0 unspecified atom stereocenters. The van der Waals surface area contributed by atoms with Crippen LogP contribution in [0.1, 0.15) is 12.0 Å². The quantitative estimate of drug-likeness (QED) is 0.869.